The van der Waals surface area contributed by atoms with E-state index in [1.807, 2.05) is 19.9 Å². The number of ether oxygens (including phenoxy) is 1. The van der Waals surface area contributed by atoms with Gasteiger partial charge in [-0.05, 0) is 50.5 Å². The van der Waals surface area contributed by atoms with Gasteiger partial charge in [0.25, 0.3) is 0 Å². The highest BCUT2D eigenvalue weighted by atomic mass is 16.5. The zero-order valence-corrected chi connectivity index (χ0v) is 9.68. The molecule has 0 aliphatic carbocycles. The summed E-state index contributed by atoms with van der Waals surface area (Å²) in [6, 6.07) is 1.96. The van der Waals surface area contributed by atoms with Crippen LogP contribution in [0.3, 0.4) is 0 Å². The summed E-state index contributed by atoms with van der Waals surface area (Å²) in [5.74, 6) is 0.975. The maximum absolute atomic E-state index is 10.9. The zero-order valence-electron chi connectivity index (χ0n) is 9.68. The van der Waals surface area contributed by atoms with Crippen LogP contribution in [0.5, 0.6) is 5.75 Å². The van der Waals surface area contributed by atoms with Crippen LogP contribution in [-0.2, 0) is 6.42 Å². The van der Waals surface area contributed by atoms with E-state index in [0.29, 0.717) is 0 Å². The topological polar surface area (TPSA) is 26.3 Å². The van der Waals surface area contributed by atoms with Crippen LogP contribution in [0.4, 0.5) is 0 Å². The van der Waals surface area contributed by atoms with Crippen LogP contribution in [-0.4, -0.2) is 11.9 Å². The molecule has 15 heavy (non-hydrogen) atoms. The average Bonchev–Trinajstić information content (AvgIpc) is 2.47. The van der Waals surface area contributed by atoms with Gasteiger partial charge in [-0.15, -0.1) is 0 Å². The minimum absolute atomic E-state index is 0.138. The fourth-order valence-electron chi connectivity index (χ4n) is 2.16. The normalized spacial score (nSPS) is 17.1. The highest BCUT2D eigenvalue weighted by molar-refractivity contribution is 5.79. The lowest BCUT2D eigenvalue weighted by Gasteiger charge is -2.18. The molecule has 80 valence electrons. The molecule has 0 spiro atoms. The lowest BCUT2D eigenvalue weighted by molar-refractivity contribution is 0.112. The lowest BCUT2D eigenvalue weighted by Crippen LogP contribution is -2.24. The van der Waals surface area contributed by atoms with Crippen LogP contribution < -0.4 is 4.74 Å². The van der Waals surface area contributed by atoms with Gasteiger partial charge in [-0.25, -0.2) is 0 Å². The molecule has 2 heteroatoms. The molecule has 1 aromatic carbocycles. The standard InChI is InChI=1S/C13H16O2/c1-8-9(2)12-10(5-11(8)7-14)6-13(3,4)15-12/h5,7H,6H2,1-4H3. The maximum Gasteiger partial charge on any atom is 0.150 e. The quantitative estimate of drug-likeness (QED) is 0.657. The van der Waals surface area contributed by atoms with E-state index in [4.69, 9.17) is 4.74 Å². The monoisotopic (exact) mass is 204 g/mol. The van der Waals surface area contributed by atoms with Gasteiger partial charge in [-0.3, -0.25) is 4.79 Å². The molecule has 1 aromatic rings. The van der Waals surface area contributed by atoms with Crippen molar-refractivity contribution in [3.05, 3.63) is 28.3 Å². The molecule has 1 aliphatic heterocycles. The third-order valence-corrected chi connectivity index (χ3v) is 3.08. The lowest BCUT2D eigenvalue weighted by atomic mass is 9.95. The second-order valence-corrected chi connectivity index (χ2v) is 4.86. The minimum Gasteiger partial charge on any atom is -0.487 e. The van der Waals surface area contributed by atoms with Gasteiger partial charge in [0.2, 0.25) is 0 Å². The van der Waals surface area contributed by atoms with Gasteiger partial charge in [-0.1, -0.05) is 0 Å². The predicted octanol–water partition coefficient (Wildman–Crippen LogP) is 2.83. The Labute approximate surface area is 90.3 Å². The molecule has 2 rings (SSSR count). The summed E-state index contributed by atoms with van der Waals surface area (Å²) in [4.78, 5) is 10.9. The van der Waals surface area contributed by atoms with E-state index in [1.54, 1.807) is 0 Å². The Hall–Kier alpha value is -1.31. The third kappa shape index (κ3) is 1.54. The molecule has 0 atom stereocenters. The number of carbonyl (C=O) groups excluding carboxylic acids is 1. The van der Waals surface area contributed by atoms with Crippen molar-refractivity contribution in [2.45, 2.75) is 39.7 Å². The van der Waals surface area contributed by atoms with Crippen molar-refractivity contribution in [1.82, 2.24) is 0 Å². The number of hydrogen-bond acceptors (Lipinski definition) is 2. The van der Waals surface area contributed by atoms with Gasteiger partial charge >= 0.3 is 0 Å². The number of fused-ring (bicyclic) bond motifs is 1. The molecule has 0 unspecified atom stereocenters. The highest BCUT2D eigenvalue weighted by Crippen LogP contribution is 2.39. The predicted molar refractivity (Wildman–Crippen MR) is 59.7 cm³/mol. The third-order valence-electron chi connectivity index (χ3n) is 3.08. The van der Waals surface area contributed by atoms with Gasteiger partial charge in [0.1, 0.15) is 17.6 Å². The zero-order chi connectivity index (χ0) is 11.2. The molecule has 0 N–H and O–H groups in total. The summed E-state index contributed by atoms with van der Waals surface area (Å²) in [6.45, 7) is 8.13. The summed E-state index contributed by atoms with van der Waals surface area (Å²) >= 11 is 0. The fraction of sp³-hybridized carbons (Fsp3) is 0.462. The number of rotatable bonds is 1. The molecule has 0 aromatic heterocycles. The molecule has 2 nitrogen and oxygen atoms in total. The molecule has 0 saturated carbocycles. The van der Waals surface area contributed by atoms with Crippen molar-refractivity contribution in [1.29, 1.82) is 0 Å². The highest BCUT2D eigenvalue weighted by Gasteiger charge is 2.32. The summed E-state index contributed by atoms with van der Waals surface area (Å²) in [6.07, 6.45) is 1.80. The molecular weight excluding hydrogens is 188 g/mol. The number of hydrogen-bond donors (Lipinski definition) is 0. The molecule has 0 radical (unpaired) electrons. The largest absolute Gasteiger partial charge is 0.487 e. The van der Waals surface area contributed by atoms with E-state index in [0.717, 1.165) is 40.7 Å². The first-order valence-electron chi connectivity index (χ1n) is 5.22. The minimum atomic E-state index is -0.138. The number of aldehydes is 1. The Morgan fingerprint density at radius 3 is 2.60 bits per heavy atom. The first-order valence-corrected chi connectivity index (χ1v) is 5.22. The number of benzene rings is 1. The van der Waals surface area contributed by atoms with Crippen molar-refractivity contribution in [3.63, 3.8) is 0 Å². The van der Waals surface area contributed by atoms with Crippen LogP contribution in [0.1, 0.15) is 40.9 Å². The van der Waals surface area contributed by atoms with Crippen LogP contribution in [0, 0.1) is 13.8 Å². The summed E-state index contributed by atoms with van der Waals surface area (Å²) in [5.41, 5.74) is 3.93. The molecule has 0 fully saturated rings. The Kier molecular flexibility index (Phi) is 2.10. The van der Waals surface area contributed by atoms with Crippen LogP contribution in [0.15, 0.2) is 6.07 Å². The Balaban J connectivity index is 2.61. The summed E-state index contributed by atoms with van der Waals surface area (Å²) in [7, 11) is 0. The molecule has 0 saturated heterocycles. The second kappa shape index (κ2) is 3.09. The first-order chi connectivity index (χ1) is 6.94. The Morgan fingerprint density at radius 2 is 2.00 bits per heavy atom. The van der Waals surface area contributed by atoms with Gasteiger partial charge in [0, 0.05) is 12.0 Å². The van der Waals surface area contributed by atoms with E-state index in [2.05, 4.69) is 13.8 Å². The van der Waals surface area contributed by atoms with E-state index >= 15 is 0 Å². The smallest absolute Gasteiger partial charge is 0.150 e. The summed E-state index contributed by atoms with van der Waals surface area (Å²) < 4.78 is 5.89. The van der Waals surface area contributed by atoms with Crippen molar-refractivity contribution in [2.24, 2.45) is 0 Å². The maximum atomic E-state index is 10.9. The SMILES string of the molecule is Cc1c(C=O)cc2c(c1C)OC(C)(C)C2. The van der Waals surface area contributed by atoms with Crippen molar-refractivity contribution < 1.29 is 9.53 Å². The molecule has 1 heterocycles. The van der Waals surface area contributed by atoms with Crippen LogP contribution in [0.25, 0.3) is 0 Å². The molecule has 0 amide bonds. The van der Waals surface area contributed by atoms with Gasteiger partial charge in [-0.2, -0.15) is 0 Å². The van der Waals surface area contributed by atoms with Crippen molar-refractivity contribution >= 4 is 6.29 Å². The van der Waals surface area contributed by atoms with Gasteiger partial charge < -0.3 is 4.74 Å². The van der Waals surface area contributed by atoms with E-state index < -0.39 is 0 Å². The molecule has 0 bridgehead atoms. The van der Waals surface area contributed by atoms with Crippen LogP contribution in [0.2, 0.25) is 0 Å². The Morgan fingerprint density at radius 1 is 1.33 bits per heavy atom. The number of carbonyl (C=O) groups is 1. The van der Waals surface area contributed by atoms with Gasteiger partial charge in [0.15, 0.2) is 0 Å². The van der Waals surface area contributed by atoms with Crippen LogP contribution >= 0.6 is 0 Å². The Bertz CT molecular complexity index is 431. The van der Waals surface area contributed by atoms with E-state index in [-0.39, 0.29) is 5.60 Å². The van der Waals surface area contributed by atoms with Crippen molar-refractivity contribution in [3.8, 4) is 5.75 Å². The second-order valence-electron chi connectivity index (χ2n) is 4.86. The van der Waals surface area contributed by atoms with Crippen molar-refractivity contribution in [2.75, 3.05) is 0 Å². The fourth-order valence-corrected chi connectivity index (χ4v) is 2.16. The average molecular weight is 204 g/mol. The molecular formula is C13H16O2. The molecule has 1 aliphatic rings. The summed E-state index contributed by atoms with van der Waals surface area (Å²) in [5, 5.41) is 0. The van der Waals surface area contributed by atoms with E-state index in [9.17, 15) is 4.79 Å². The van der Waals surface area contributed by atoms with E-state index in [1.165, 1.54) is 0 Å². The first kappa shape index (κ1) is 10.2. The van der Waals surface area contributed by atoms with Gasteiger partial charge in [0.05, 0.1) is 0 Å².